The van der Waals surface area contributed by atoms with E-state index in [-0.39, 0.29) is 16.7 Å². The SMILES string of the molecule is COc1ccc2[nH]c3c(c2c1)CCNC3c1ccccc1[N+](=O)[O-]. The molecule has 1 unspecified atom stereocenters. The molecule has 0 saturated heterocycles. The normalized spacial score (nSPS) is 16.8. The van der Waals surface area contributed by atoms with E-state index in [1.165, 1.54) is 5.56 Å². The number of para-hydroxylation sites is 1. The zero-order valence-electron chi connectivity index (χ0n) is 13.2. The van der Waals surface area contributed by atoms with Crippen molar-refractivity contribution in [2.75, 3.05) is 13.7 Å². The Morgan fingerprint density at radius 1 is 1.25 bits per heavy atom. The molecule has 2 heterocycles. The Balaban J connectivity index is 1.90. The number of aromatic amines is 1. The minimum absolute atomic E-state index is 0.138. The maximum atomic E-state index is 11.4. The fourth-order valence-corrected chi connectivity index (χ4v) is 3.50. The Bertz CT molecular complexity index is 932. The molecule has 2 N–H and O–H groups in total. The number of aromatic nitrogens is 1. The summed E-state index contributed by atoms with van der Waals surface area (Å²) in [5.74, 6) is 0.810. The molecule has 2 aromatic carbocycles. The first-order valence-electron chi connectivity index (χ1n) is 7.84. The number of hydrogen-bond acceptors (Lipinski definition) is 4. The minimum Gasteiger partial charge on any atom is -0.497 e. The third-order valence-corrected chi connectivity index (χ3v) is 4.60. The molecule has 0 saturated carbocycles. The van der Waals surface area contributed by atoms with Crippen LogP contribution in [0, 0.1) is 10.1 Å². The van der Waals surface area contributed by atoms with Gasteiger partial charge in [0.2, 0.25) is 0 Å². The second-order valence-electron chi connectivity index (χ2n) is 5.88. The first-order valence-corrected chi connectivity index (χ1v) is 7.84. The number of methoxy groups -OCH3 is 1. The van der Waals surface area contributed by atoms with Gasteiger partial charge in [-0.1, -0.05) is 18.2 Å². The molecule has 6 nitrogen and oxygen atoms in total. The van der Waals surface area contributed by atoms with Gasteiger partial charge < -0.3 is 15.0 Å². The van der Waals surface area contributed by atoms with Crippen molar-refractivity contribution in [3.05, 3.63) is 69.4 Å². The van der Waals surface area contributed by atoms with Gasteiger partial charge in [-0.25, -0.2) is 0 Å². The Morgan fingerprint density at radius 3 is 2.88 bits per heavy atom. The lowest BCUT2D eigenvalue weighted by Gasteiger charge is -2.24. The maximum Gasteiger partial charge on any atom is 0.274 e. The Morgan fingerprint density at radius 2 is 2.08 bits per heavy atom. The van der Waals surface area contributed by atoms with Gasteiger partial charge in [-0.05, 0) is 30.2 Å². The molecular formula is C18H17N3O3. The number of nitro groups is 1. The molecule has 122 valence electrons. The predicted octanol–water partition coefficient (Wildman–Crippen LogP) is 3.32. The molecule has 0 spiro atoms. The van der Waals surface area contributed by atoms with Gasteiger partial charge in [0.25, 0.3) is 5.69 Å². The van der Waals surface area contributed by atoms with Crippen LogP contribution < -0.4 is 10.1 Å². The molecule has 4 rings (SSSR count). The van der Waals surface area contributed by atoms with Gasteiger partial charge in [0.15, 0.2) is 0 Å². The first kappa shape index (κ1) is 14.7. The summed E-state index contributed by atoms with van der Waals surface area (Å²) < 4.78 is 5.33. The summed E-state index contributed by atoms with van der Waals surface area (Å²) >= 11 is 0. The van der Waals surface area contributed by atoms with E-state index in [4.69, 9.17) is 4.74 Å². The summed E-state index contributed by atoms with van der Waals surface area (Å²) in [6.07, 6.45) is 0.875. The van der Waals surface area contributed by atoms with E-state index < -0.39 is 0 Å². The molecule has 1 aliphatic rings. The van der Waals surface area contributed by atoms with Crippen molar-refractivity contribution in [2.45, 2.75) is 12.5 Å². The number of benzene rings is 2. The third kappa shape index (κ3) is 2.23. The first-order chi connectivity index (χ1) is 11.7. The lowest BCUT2D eigenvalue weighted by molar-refractivity contribution is -0.385. The van der Waals surface area contributed by atoms with Crippen LogP contribution in [0.4, 0.5) is 5.69 Å². The number of nitro benzene ring substituents is 1. The summed E-state index contributed by atoms with van der Waals surface area (Å²) in [7, 11) is 1.65. The van der Waals surface area contributed by atoms with Gasteiger partial charge in [0, 0.05) is 29.2 Å². The summed E-state index contributed by atoms with van der Waals surface area (Å²) in [5, 5.41) is 15.9. The number of hydrogen-bond donors (Lipinski definition) is 2. The lowest BCUT2D eigenvalue weighted by Crippen LogP contribution is -2.30. The van der Waals surface area contributed by atoms with Crippen LogP contribution in [0.5, 0.6) is 5.75 Å². The quantitative estimate of drug-likeness (QED) is 0.572. The molecule has 24 heavy (non-hydrogen) atoms. The molecule has 0 radical (unpaired) electrons. The van der Waals surface area contributed by atoms with Crippen LogP contribution in [-0.2, 0) is 6.42 Å². The van der Waals surface area contributed by atoms with Gasteiger partial charge in [0.05, 0.1) is 23.6 Å². The van der Waals surface area contributed by atoms with Gasteiger partial charge in [-0.3, -0.25) is 10.1 Å². The highest BCUT2D eigenvalue weighted by atomic mass is 16.6. The van der Waals surface area contributed by atoms with Crippen LogP contribution in [0.3, 0.4) is 0 Å². The molecule has 3 aromatic rings. The van der Waals surface area contributed by atoms with Crippen LogP contribution >= 0.6 is 0 Å². The number of fused-ring (bicyclic) bond motifs is 3. The van der Waals surface area contributed by atoms with Crippen LogP contribution in [0.1, 0.15) is 22.9 Å². The number of nitrogens with zero attached hydrogens (tertiary/aromatic N) is 1. The summed E-state index contributed by atoms with van der Waals surface area (Å²) in [6.45, 7) is 0.772. The lowest BCUT2D eigenvalue weighted by atomic mass is 9.93. The average Bonchev–Trinajstić information content (AvgIpc) is 2.99. The van der Waals surface area contributed by atoms with E-state index in [1.54, 1.807) is 19.2 Å². The highest BCUT2D eigenvalue weighted by Gasteiger charge is 2.29. The molecule has 6 heteroatoms. The highest BCUT2D eigenvalue weighted by Crippen LogP contribution is 2.37. The predicted molar refractivity (Wildman–Crippen MR) is 91.5 cm³/mol. The molecule has 1 aliphatic heterocycles. The van der Waals surface area contributed by atoms with Crippen molar-refractivity contribution in [3.8, 4) is 5.75 Å². The molecular weight excluding hydrogens is 306 g/mol. The largest absolute Gasteiger partial charge is 0.497 e. The zero-order valence-corrected chi connectivity index (χ0v) is 13.2. The molecule has 0 aliphatic carbocycles. The fraction of sp³-hybridized carbons (Fsp3) is 0.222. The van der Waals surface area contributed by atoms with Crippen LogP contribution in [-0.4, -0.2) is 23.6 Å². The minimum atomic E-state index is -0.322. The Hall–Kier alpha value is -2.86. The summed E-state index contributed by atoms with van der Waals surface area (Å²) in [6, 6.07) is 12.6. The number of rotatable bonds is 3. The summed E-state index contributed by atoms with van der Waals surface area (Å²) in [5.41, 5.74) is 4.04. The molecule has 1 atom stereocenters. The smallest absolute Gasteiger partial charge is 0.274 e. The van der Waals surface area contributed by atoms with E-state index in [9.17, 15) is 10.1 Å². The average molecular weight is 323 g/mol. The second-order valence-corrected chi connectivity index (χ2v) is 5.88. The van der Waals surface area contributed by atoms with Gasteiger partial charge in [-0.2, -0.15) is 0 Å². The number of H-pyrrole nitrogens is 1. The van der Waals surface area contributed by atoms with Crippen molar-refractivity contribution in [3.63, 3.8) is 0 Å². The van der Waals surface area contributed by atoms with Crippen molar-refractivity contribution in [1.82, 2.24) is 10.3 Å². The van der Waals surface area contributed by atoms with Crippen LogP contribution in [0.2, 0.25) is 0 Å². The molecule has 0 fully saturated rings. The van der Waals surface area contributed by atoms with E-state index in [1.807, 2.05) is 30.3 Å². The monoisotopic (exact) mass is 323 g/mol. The molecule has 0 bridgehead atoms. The maximum absolute atomic E-state index is 11.4. The van der Waals surface area contributed by atoms with Gasteiger partial charge in [0.1, 0.15) is 5.75 Å². The second kappa shape index (κ2) is 5.65. The zero-order chi connectivity index (χ0) is 16.7. The van der Waals surface area contributed by atoms with Gasteiger partial charge >= 0.3 is 0 Å². The van der Waals surface area contributed by atoms with E-state index in [0.29, 0.717) is 5.56 Å². The van der Waals surface area contributed by atoms with E-state index >= 15 is 0 Å². The Labute approximate surface area is 138 Å². The number of nitrogens with one attached hydrogen (secondary N) is 2. The standard InChI is InChI=1S/C18H17N3O3/c1-24-11-6-7-15-14(10-11)12-8-9-19-17(18(12)20-15)13-4-2-3-5-16(13)21(22)23/h2-7,10,17,19-20H,8-9H2,1H3. The van der Waals surface area contributed by atoms with E-state index in [0.717, 1.165) is 35.3 Å². The third-order valence-electron chi connectivity index (χ3n) is 4.60. The van der Waals surface area contributed by atoms with Crippen LogP contribution in [0.25, 0.3) is 10.9 Å². The summed E-state index contributed by atoms with van der Waals surface area (Å²) in [4.78, 5) is 14.5. The van der Waals surface area contributed by atoms with Crippen molar-refractivity contribution >= 4 is 16.6 Å². The Kier molecular flexibility index (Phi) is 3.46. The van der Waals surface area contributed by atoms with Crippen molar-refractivity contribution in [2.24, 2.45) is 0 Å². The van der Waals surface area contributed by atoms with E-state index in [2.05, 4.69) is 10.3 Å². The van der Waals surface area contributed by atoms with Gasteiger partial charge in [-0.15, -0.1) is 0 Å². The van der Waals surface area contributed by atoms with Crippen molar-refractivity contribution in [1.29, 1.82) is 0 Å². The molecule has 0 amide bonds. The van der Waals surface area contributed by atoms with Crippen LogP contribution in [0.15, 0.2) is 42.5 Å². The topological polar surface area (TPSA) is 80.2 Å². The number of ether oxygens (including phenoxy) is 1. The molecule has 1 aromatic heterocycles. The van der Waals surface area contributed by atoms with Crippen molar-refractivity contribution < 1.29 is 9.66 Å². The highest BCUT2D eigenvalue weighted by molar-refractivity contribution is 5.86. The fourth-order valence-electron chi connectivity index (χ4n) is 3.50.